The maximum atomic E-state index is 13.3. The van der Waals surface area contributed by atoms with Crippen molar-refractivity contribution in [3.8, 4) is 5.75 Å². The molecule has 128 valence electrons. The fraction of sp³-hybridized carbons (Fsp3) is 0.250. The van der Waals surface area contributed by atoms with Gasteiger partial charge in [0.2, 0.25) is 5.79 Å². The molecule has 2 atom stereocenters. The van der Waals surface area contributed by atoms with Crippen molar-refractivity contribution < 1.29 is 18.3 Å². The number of ether oxygens (including phenoxy) is 2. The smallest absolute Gasteiger partial charge is 0.343 e. The zero-order valence-corrected chi connectivity index (χ0v) is 13.9. The third kappa shape index (κ3) is 2.61. The fourth-order valence-electron chi connectivity index (χ4n) is 3.38. The number of rotatable bonds is 2. The summed E-state index contributed by atoms with van der Waals surface area (Å²) < 4.78 is 30.5. The van der Waals surface area contributed by atoms with Gasteiger partial charge < -0.3 is 13.9 Å². The molecule has 0 amide bonds. The Balaban J connectivity index is 2.00. The van der Waals surface area contributed by atoms with Gasteiger partial charge in [-0.2, -0.15) is 0 Å². The second-order valence-electron chi connectivity index (χ2n) is 6.38. The Kier molecular flexibility index (Phi) is 3.62. The first kappa shape index (κ1) is 15.8. The van der Waals surface area contributed by atoms with Crippen LogP contribution < -0.4 is 10.4 Å². The molecule has 0 saturated heterocycles. The van der Waals surface area contributed by atoms with Crippen molar-refractivity contribution >= 4 is 11.0 Å². The van der Waals surface area contributed by atoms with Crippen LogP contribution >= 0.6 is 0 Å². The van der Waals surface area contributed by atoms with Crippen LogP contribution in [0.2, 0.25) is 0 Å². The minimum absolute atomic E-state index is 0.310. The van der Waals surface area contributed by atoms with E-state index in [-0.39, 0.29) is 11.7 Å². The molecule has 5 heteroatoms. The highest BCUT2D eigenvalue weighted by atomic mass is 19.1. The van der Waals surface area contributed by atoms with Gasteiger partial charge in [-0.15, -0.1) is 0 Å². The van der Waals surface area contributed by atoms with E-state index < -0.39 is 11.4 Å². The Hall–Kier alpha value is -2.66. The van der Waals surface area contributed by atoms with E-state index in [2.05, 4.69) is 0 Å². The van der Waals surface area contributed by atoms with Crippen LogP contribution in [0.15, 0.2) is 57.7 Å². The molecular formula is C20H17FO4. The monoisotopic (exact) mass is 340 g/mol. The molecule has 3 aromatic rings. The molecular weight excluding hydrogens is 323 g/mol. The van der Waals surface area contributed by atoms with Crippen LogP contribution in [0.4, 0.5) is 4.39 Å². The number of benzene rings is 2. The normalized spacial score (nSPS) is 22.4. The summed E-state index contributed by atoms with van der Waals surface area (Å²) in [6.45, 7) is 1.83. The van der Waals surface area contributed by atoms with Crippen molar-refractivity contribution in [2.24, 2.45) is 0 Å². The first-order chi connectivity index (χ1) is 12.0. The van der Waals surface area contributed by atoms with E-state index in [1.807, 2.05) is 19.1 Å². The van der Waals surface area contributed by atoms with Crippen LogP contribution in [0.1, 0.15) is 30.4 Å². The average molecular weight is 340 g/mol. The highest BCUT2D eigenvalue weighted by molar-refractivity contribution is 5.85. The van der Waals surface area contributed by atoms with E-state index in [0.717, 1.165) is 5.56 Å². The first-order valence-electron chi connectivity index (χ1n) is 8.06. The number of para-hydroxylation sites is 1. The molecule has 0 N–H and O–H groups in total. The van der Waals surface area contributed by atoms with E-state index in [4.69, 9.17) is 13.9 Å². The van der Waals surface area contributed by atoms with Crippen molar-refractivity contribution in [3.05, 3.63) is 75.9 Å². The predicted octanol–water partition coefficient (Wildman–Crippen LogP) is 4.21. The Morgan fingerprint density at radius 2 is 1.88 bits per heavy atom. The van der Waals surface area contributed by atoms with E-state index >= 15 is 0 Å². The number of halogens is 1. The molecule has 0 bridgehead atoms. The van der Waals surface area contributed by atoms with Crippen molar-refractivity contribution in [1.29, 1.82) is 0 Å². The van der Waals surface area contributed by atoms with Crippen LogP contribution in [0.5, 0.6) is 5.75 Å². The lowest BCUT2D eigenvalue weighted by Crippen LogP contribution is -2.41. The van der Waals surface area contributed by atoms with Crippen LogP contribution in [0, 0.1) is 5.82 Å². The summed E-state index contributed by atoms with van der Waals surface area (Å²) in [7, 11) is 1.57. The molecule has 0 fully saturated rings. The van der Waals surface area contributed by atoms with Crippen molar-refractivity contribution in [2.75, 3.05) is 7.11 Å². The minimum atomic E-state index is -0.900. The molecule has 1 aromatic heterocycles. The molecule has 1 aliphatic rings. The molecule has 25 heavy (non-hydrogen) atoms. The quantitative estimate of drug-likeness (QED) is 0.656. The van der Waals surface area contributed by atoms with Crippen LogP contribution in [0.3, 0.4) is 0 Å². The minimum Gasteiger partial charge on any atom is -0.461 e. The van der Waals surface area contributed by atoms with E-state index in [1.54, 1.807) is 31.4 Å². The molecule has 2 unspecified atom stereocenters. The second kappa shape index (κ2) is 5.70. The van der Waals surface area contributed by atoms with Gasteiger partial charge in [-0.25, -0.2) is 9.18 Å². The topological polar surface area (TPSA) is 48.7 Å². The largest absolute Gasteiger partial charge is 0.461 e. The van der Waals surface area contributed by atoms with Gasteiger partial charge in [-0.3, -0.25) is 0 Å². The van der Waals surface area contributed by atoms with Gasteiger partial charge in [-0.05, 0) is 29.8 Å². The lowest BCUT2D eigenvalue weighted by molar-refractivity contribution is -0.163. The number of hydrogen-bond donors (Lipinski definition) is 0. The van der Waals surface area contributed by atoms with E-state index in [0.29, 0.717) is 28.7 Å². The summed E-state index contributed by atoms with van der Waals surface area (Å²) in [5.74, 6) is -1.06. The summed E-state index contributed by atoms with van der Waals surface area (Å²) in [5.41, 5.74) is 1.28. The van der Waals surface area contributed by atoms with Crippen LogP contribution in [-0.2, 0) is 4.74 Å². The molecule has 4 nitrogen and oxygen atoms in total. The molecule has 0 saturated carbocycles. The van der Waals surface area contributed by atoms with E-state index in [1.165, 1.54) is 12.1 Å². The summed E-state index contributed by atoms with van der Waals surface area (Å²) >= 11 is 0. The molecule has 4 rings (SSSR count). The van der Waals surface area contributed by atoms with Gasteiger partial charge in [0, 0.05) is 26.4 Å². The maximum Gasteiger partial charge on any atom is 0.343 e. The first-order valence-corrected chi connectivity index (χ1v) is 8.06. The van der Waals surface area contributed by atoms with Gasteiger partial charge in [0.15, 0.2) is 0 Å². The standard InChI is InChI=1S/C20H17FO4/c1-20(23-2)11-15(12-7-9-13(21)10-8-12)17-18(25-20)14-5-3-4-6-16(14)24-19(17)22/h3-10,15H,11H2,1-2H3. The molecule has 2 aromatic carbocycles. The van der Waals surface area contributed by atoms with Crippen molar-refractivity contribution in [3.63, 3.8) is 0 Å². The summed E-state index contributed by atoms with van der Waals surface area (Å²) in [6.07, 6.45) is 0.422. The number of fused-ring (bicyclic) bond motifs is 3. The zero-order chi connectivity index (χ0) is 17.6. The lowest BCUT2D eigenvalue weighted by Gasteiger charge is -2.38. The highest BCUT2D eigenvalue weighted by Gasteiger charge is 2.41. The lowest BCUT2D eigenvalue weighted by atomic mass is 9.83. The van der Waals surface area contributed by atoms with Crippen LogP contribution in [-0.4, -0.2) is 12.9 Å². The van der Waals surface area contributed by atoms with Crippen molar-refractivity contribution in [2.45, 2.75) is 25.0 Å². The van der Waals surface area contributed by atoms with Gasteiger partial charge in [0.05, 0.1) is 10.9 Å². The number of hydrogen-bond acceptors (Lipinski definition) is 4. The molecule has 1 aliphatic heterocycles. The van der Waals surface area contributed by atoms with Gasteiger partial charge in [0.1, 0.15) is 17.1 Å². The van der Waals surface area contributed by atoms with E-state index in [9.17, 15) is 9.18 Å². The van der Waals surface area contributed by atoms with Crippen molar-refractivity contribution in [1.82, 2.24) is 0 Å². The molecule has 0 radical (unpaired) electrons. The number of methoxy groups -OCH3 is 1. The summed E-state index contributed by atoms with van der Waals surface area (Å²) in [4.78, 5) is 12.7. The van der Waals surface area contributed by atoms with Crippen LogP contribution in [0.25, 0.3) is 11.0 Å². The third-order valence-corrected chi connectivity index (χ3v) is 4.74. The highest BCUT2D eigenvalue weighted by Crippen LogP contribution is 2.45. The fourth-order valence-corrected chi connectivity index (χ4v) is 3.38. The Labute approximate surface area is 143 Å². The summed E-state index contributed by atoms with van der Waals surface area (Å²) in [6, 6.07) is 13.4. The third-order valence-electron chi connectivity index (χ3n) is 4.74. The Morgan fingerprint density at radius 1 is 1.16 bits per heavy atom. The average Bonchev–Trinajstić information content (AvgIpc) is 2.62. The predicted molar refractivity (Wildman–Crippen MR) is 91.4 cm³/mol. The Morgan fingerprint density at radius 3 is 2.60 bits per heavy atom. The molecule has 0 spiro atoms. The summed E-state index contributed by atoms with van der Waals surface area (Å²) in [5, 5.41) is 0.715. The molecule has 2 heterocycles. The maximum absolute atomic E-state index is 13.3. The van der Waals surface area contributed by atoms with Gasteiger partial charge in [0.25, 0.3) is 0 Å². The molecule has 0 aliphatic carbocycles. The second-order valence-corrected chi connectivity index (χ2v) is 6.38. The Bertz CT molecular complexity index is 993. The van der Waals surface area contributed by atoms with Gasteiger partial charge in [-0.1, -0.05) is 24.3 Å². The zero-order valence-electron chi connectivity index (χ0n) is 13.9. The SMILES string of the molecule is COC1(C)CC(c2ccc(F)cc2)c2c(c3ccccc3oc2=O)O1. The van der Waals surface area contributed by atoms with Gasteiger partial charge >= 0.3 is 5.63 Å².